The lowest BCUT2D eigenvalue weighted by molar-refractivity contribution is -0.140. The number of hydrogen-bond acceptors (Lipinski definition) is 4. The molecule has 0 aliphatic rings. The Bertz CT molecular complexity index is 563. The highest BCUT2D eigenvalue weighted by Crippen LogP contribution is 2.44. The Morgan fingerprint density at radius 3 is 2.14 bits per heavy atom. The number of benzene rings is 1. The summed E-state index contributed by atoms with van der Waals surface area (Å²) in [5.41, 5.74) is 2.27. The summed E-state index contributed by atoms with van der Waals surface area (Å²) in [5.74, 6) is 0.0715. The van der Waals surface area contributed by atoms with Crippen LogP contribution in [0.25, 0.3) is 0 Å². The van der Waals surface area contributed by atoms with Crippen LogP contribution in [0.3, 0.4) is 0 Å². The number of aryl methyl sites for hydroxylation is 1. The van der Waals surface area contributed by atoms with Gasteiger partial charge in [0.15, 0.2) is 0 Å². The predicted octanol–water partition coefficient (Wildman–Crippen LogP) is 4.38. The summed E-state index contributed by atoms with van der Waals surface area (Å²) in [7, 11) is 1.39. The molecule has 1 rings (SSSR count). The van der Waals surface area contributed by atoms with E-state index in [2.05, 4.69) is 54.2 Å². The van der Waals surface area contributed by atoms with Crippen LogP contribution in [0.4, 0.5) is 0 Å². The van der Waals surface area contributed by atoms with Crippen LogP contribution in [0, 0.1) is 0 Å². The van der Waals surface area contributed by atoms with E-state index in [0.717, 1.165) is 21.6 Å². The summed E-state index contributed by atoms with van der Waals surface area (Å²) in [6.07, 6.45) is 0.861. The van der Waals surface area contributed by atoms with Crippen LogP contribution in [0.15, 0.2) is 11.0 Å². The van der Waals surface area contributed by atoms with Crippen molar-refractivity contribution in [2.75, 3.05) is 7.11 Å². The third-order valence-corrected chi connectivity index (χ3v) is 4.25. The minimum Gasteiger partial charge on any atom is -0.507 e. The predicted molar refractivity (Wildman–Crippen MR) is 93.1 cm³/mol. The molecule has 0 aliphatic carbocycles. The van der Waals surface area contributed by atoms with Gasteiger partial charge >= 0.3 is 5.97 Å². The lowest BCUT2D eigenvalue weighted by atomic mass is 9.78. The number of phenols is 1. The molecule has 0 saturated heterocycles. The van der Waals surface area contributed by atoms with Crippen LogP contribution < -0.4 is 0 Å². The van der Waals surface area contributed by atoms with E-state index >= 15 is 0 Å². The second-order valence-corrected chi connectivity index (χ2v) is 8.18. The number of esters is 1. The standard InChI is InChI=1S/C18H28O3S/c1-17(2,3)12-10-11(8-9-13(19)21-7)16(22)14(15(12)20)18(4,5)6/h10,20,22H,8-9H2,1-7H3. The highest BCUT2D eigenvalue weighted by Gasteiger charge is 2.29. The summed E-state index contributed by atoms with van der Waals surface area (Å²) < 4.78 is 4.72. The lowest BCUT2D eigenvalue weighted by Gasteiger charge is -2.30. The largest absolute Gasteiger partial charge is 0.507 e. The second-order valence-electron chi connectivity index (χ2n) is 7.73. The molecule has 0 radical (unpaired) electrons. The molecule has 0 bridgehead atoms. The maximum absolute atomic E-state index is 11.4. The molecule has 0 fully saturated rings. The molecule has 1 aromatic carbocycles. The van der Waals surface area contributed by atoms with Gasteiger partial charge < -0.3 is 9.84 Å². The average Bonchev–Trinajstić information content (AvgIpc) is 2.34. The summed E-state index contributed by atoms with van der Waals surface area (Å²) in [6.45, 7) is 12.4. The van der Waals surface area contributed by atoms with Gasteiger partial charge in [-0.3, -0.25) is 4.79 Å². The quantitative estimate of drug-likeness (QED) is 0.640. The van der Waals surface area contributed by atoms with Crippen molar-refractivity contribution in [3.05, 3.63) is 22.8 Å². The molecule has 0 aliphatic heterocycles. The molecule has 0 aromatic heterocycles. The molecule has 22 heavy (non-hydrogen) atoms. The molecule has 124 valence electrons. The maximum Gasteiger partial charge on any atom is 0.305 e. The number of phenolic OH excluding ortho intramolecular Hbond substituents is 1. The van der Waals surface area contributed by atoms with Crippen molar-refractivity contribution in [1.82, 2.24) is 0 Å². The molecule has 0 atom stereocenters. The van der Waals surface area contributed by atoms with E-state index in [9.17, 15) is 9.90 Å². The number of carbonyl (C=O) groups is 1. The van der Waals surface area contributed by atoms with E-state index < -0.39 is 0 Å². The third kappa shape index (κ3) is 4.19. The first-order chi connectivity index (χ1) is 9.89. The normalized spacial score (nSPS) is 12.4. The van der Waals surface area contributed by atoms with Gasteiger partial charge in [0.2, 0.25) is 0 Å². The van der Waals surface area contributed by atoms with Gasteiger partial charge in [0, 0.05) is 16.9 Å². The molecule has 0 spiro atoms. The lowest BCUT2D eigenvalue weighted by Crippen LogP contribution is -2.19. The van der Waals surface area contributed by atoms with Crippen LogP contribution in [0.5, 0.6) is 5.75 Å². The van der Waals surface area contributed by atoms with E-state index in [-0.39, 0.29) is 16.8 Å². The first kappa shape index (κ1) is 18.9. The Balaban J connectivity index is 3.48. The molecular weight excluding hydrogens is 296 g/mol. The zero-order valence-electron chi connectivity index (χ0n) is 14.7. The van der Waals surface area contributed by atoms with Crippen molar-refractivity contribution >= 4 is 18.6 Å². The number of carbonyl (C=O) groups excluding carboxylic acids is 1. The van der Waals surface area contributed by atoms with Gasteiger partial charge in [0.25, 0.3) is 0 Å². The first-order valence-electron chi connectivity index (χ1n) is 7.55. The number of hydrogen-bond donors (Lipinski definition) is 2. The molecule has 1 aromatic rings. The summed E-state index contributed by atoms with van der Waals surface area (Å²) >= 11 is 4.64. The maximum atomic E-state index is 11.4. The van der Waals surface area contributed by atoms with Gasteiger partial charge in [0.05, 0.1) is 7.11 Å². The van der Waals surface area contributed by atoms with Gasteiger partial charge in [-0.15, -0.1) is 12.6 Å². The van der Waals surface area contributed by atoms with Crippen molar-refractivity contribution in [1.29, 1.82) is 0 Å². The Morgan fingerprint density at radius 2 is 1.73 bits per heavy atom. The van der Waals surface area contributed by atoms with Crippen LogP contribution in [0.2, 0.25) is 0 Å². The molecule has 0 heterocycles. The van der Waals surface area contributed by atoms with E-state index in [1.807, 2.05) is 6.07 Å². The summed E-state index contributed by atoms with van der Waals surface area (Å²) in [5, 5.41) is 10.7. The SMILES string of the molecule is COC(=O)CCc1cc(C(C)(C)C)c(O)c(C(C)(C)C)c1S. The van der Waals surface area contributed by atoms with Crippen molar-refractivity contribution in [3.63, 3.8) is 0 Å². The van der Waals surface area contributed by atoms with Crippen LogP contribution in [-0.4, -0.2) is 18.2 Å². The van der Waals surface area contributed by atoms with Crippen LogP contribution >= 0.6 is 12.6 Å². The molecule has 3 nitrogen and oxygen atoms in total. The van der Waals surface area contributed by atoms with E-state index in [4.69, 9.17) is 4.74 Å². The van der Waals surface area contributed by atoms with E-state index in [1.54, 1.807) is 0 Å². The smallest absolute Gasteiger partial charge is 0.305 e. The number of ether oxygens (including phenoxy) is 1. The third-order valence-electron chi connectivity index (χ3n) is 3.74. The Labute approximate surface area is 139 Å². The minimum atomic E-state index is -0.240. The molecule has 4 heteroatoms. The fourth-order valence-corrected chi connectivity index (χ4v) is 3.15. The number of thiol groups is 1. The van der Waals surface area contributed by atoms with Gasteiger partial charge in [-0.05, 0) is 28.4 Å². The van der Waals surface area contributed by atoms with Crippen molar-refractivity contribution < 1.29 is 14.6 Å². The number of rotatable bonds is 3. The van der Waals surface area contributed by atoms with Gasteiger partial charge in [-0.2, -0.15) is 0 Å². The van der Waals surface area contributed by atoms with E-state index in [1.165, 1.54) is 7.11 Å². The molecule has 0 saturated carbocycles. The van der Waals surface area contributed by atoms with Crippen LogP contribution in [-0.2, 0) is 26.8 Å². The molecule has 1 N–H and O–H groups in total. The van der Waals surface area contributed by atoms with Crippen molar-refractivity contribution in [2.45, 2.75) is 70.1 Å². The zero-order chi connectivity index (χ0) is 17.3. The topological polar surface area (TPSA) is 46.5 Å². The van der Waals surface area contributed by atoms with Gasteiger partial charge in [0.1, 0.15) is 5.75 Å². The molecule has 0 unspecified atom stereocenters. The number of methoxy groups -OCH3 is 1. The average molecular weight is 324 g/mol. The number of aromatic hydroxyl groups is 1. The van der Waals surface area contributed by atoms with E-state index in [0.29, 0.717) is 18.6 Å². The fourth-order valence-electron chi connectivity index (χ4n) is 2.53. The van der Waals surface area contributed by atoms with Crippen LogP contribution in [0.1, 0.15) is 64.7 Å². The first-order valence-corrected chi connectivity index (χ1v) is 8.00. The van der Waals surface area contributed by atoms with Crippen molar-refractivity contribution in [2.24, 2.45) is 0 Å². The van der Waals surface area contributed by atoms with Gasteiger partial charge in [-0.25, -0.2) is 0 Å². The second kappa shape index (κ2) is 6.53. The molecular formula is C18H28O3S. The summed E-state index contributed by atoms with van der Waals surface area (Å²) in [4.78, 5) is 12.2. The molecule has 0 amide bonds. The van der Waals surface area contributed by atoms with Gasteiger partial charge in [-0.1, -0.05) is 47.6 Å². The highest BCUT2D eigenvalue weighted by atomic mass is 32.1. The fraction of sp³-hybridized carbons (Fsp3) is 0.611. The minimum absolute atomic E-state index is 0.189. The Kier molecular flexibility index (Phi) is 5.61. The van der Waals surface area contributed by atoms with Crippen molar-refractivity contribution in [3.8, 4) is 5.75 Å². The zero-order valence-corrected chi connectivity index (χ0v) is 15.6. The monoisotopic (exact) mass is 324 g/mol. The highest BCUT2D eigenvalue weighted by molar-refractivity contribution is 7.80. The Morgan fingerprint density at radius 1 is 1.18 bits per heavy atom. The Hall–Kier alpha value is -1.16. The summed E-state index contributed by atoms with van der Waals surface area (Å²) in [6, 6.07) is 1.97.